The molecule has 0 fully saturated rings. The van der Waals surface area contributed by atoms with Gasteiger partial charge in [0.15, 0.2) is 0 Å². The average Bonchev–Trinajstić information content (AvgIpc) is 2.51. The van der Waals surface area contributed by atoms with Crippen LogP contribution in [0.5, 0.6) is 0 Å². The van der Waals surface area contributed by atoms with E-state index in [4.69, 9.17) is 5.26 Å². The van der Waals surface area contributed by atoms with Crippen LogP contribution in [0.4, 0.5) is 0 Å². The van der Waals surface area contributed by atoms with Crippen molar-refractivity contribution in [1.29, 1.82) is 5.26 Å². The van der Waals surface area contributed by atoms with Crippen LogP contribution in [-0.2, 0) is 10.0 Å². The zero-order valence-corrected chi connectivity index (χ0v) is 10.2. The van der Waals surface area contributed by atoms with E-state index in [1.807, 2.05) is 13.0 Å². The summed E-state index contributed by atoms with van der Waals surface area (Å²) in [7, 11) is -3.44. The molecule has 1 aromatic rings. The molecule has 6 heteroatoms. The molecule has 1 aromatic heterocycles. The predicted octanol–water partition coefficient (Wildman–Crippen LogP) is 1.64. The molecule has 1 atom stereocenters. The fraction of sp³-hybridized carbons (Fsp3) is 0.444. The van der Waals surface area contributed by atoms with E-state index in [0.29, 0.717) is 4.21 Å². The van der Waals surface area contributed by atoms with E-state index in [9.17, 15) is 8.42 Å². The minimum absolute atomic E-state index is 0.170. The van der Waals surface area contributed by atoms with Gasteiger partial charge in [-0.05, 0) is 26.0 Å². The quantitative estimate of drug-likeness (QED) is 0.875. The number of nitrogens with one attached hydrogen (secondary N) is 1. The Morgan fingerprint density at radius 1 is 1.60 bits per heavy atom. The number of nitrogens with zero attached hydrogens (tertiary/aromatic N) is 1. The smallest absolute Gasteiger partial charge is 0.207 e. The second-order valence-electron chi connectivity index (χ2n) is 3.25. The summed E-state index contributed by atoms with van der Waals surface area (Å²) in [5.74, 6) is 0. The first-order chi connectivity index (χ1) is 6.95. The fourth-order valence-electron chi connectivity index (χ4n) is 1.06. The van der Waals surface area contributed by atoms with Crippen LogP contribution in [0.1, 0.15) is 18.2 Å². The molecule has 0 saturated heterocycles. The highest BCUT2D eigenvalue weighted by Crippen LogP contribution is 2.20. The Kier molecular flexibility index (Phi) is 3.85. The summed E-state index contributed by atoms with van der Waals surface area (Å²) in [5.41, 5.74) is 0. The Hall–Kier alpha value is -0.900. The topological polar surface area (TPSA) is 70.0 Å². The van der Waals surface area contributed by atoms with Gasteiger partial charge in [0.05, 0.1) is 12.5 Å². The Morgan fingerprint density at radius 3 is 2.73 bits per heavy atom. The summed E-state index contributed by atoms with van der Waals surface area (Å²) in [6.07, 6.45) is 0.170. The minimum atomic E-state index is -3.44. The maximum Gasteiger partial charge on any atom is 0.250 e. The first-order valence-corrected chi connectivity index (χ1v) is 6.71. The lowest BCUT2D eigenvalue weighted by Gasteiger charge is -2.09. The summed E-state index contributed by atoms with van der Waals surface area (Å²) >= 11 is 1.22. The van der Waals surface area contributed by atoms with E-state index in [0.717, 1.165) is 4.88 Å². The van der Waals surface area contributed by atoms with Crippen LogP contribution in [0.15, 0.2) is 16.3 Å². The van der Waals surface area contributed by atoms with Crippen molar-refractivity contribution in [1.82, 2.24) is 4.72 Å². The normalized spacial score (nSPS) is 13.4. The van der Waals surface area contributed by atoms with Gasteiger partial charge in [-0.25, -0.2) is 13.1 Å². The van der Waals surface area contributed by atoms with Crippen LogP contribution >= 0.6 is 11.3 Å². The van der Waals surface area contributed by atoms with Gasteiger partial charge < -0.3 is 0 Å². The van der Waals surface area contributed by atoms with Gasteiger partial charge in [0.2, 0.25) is 10.0 Å². The standard InChI is InChI=1S/C9H12N2O2S2/c1-7(5-6-10)11-15(12,13)9-4-3-8(2)14-9/h3-4,7,11H,5H2,1-2H3. The van der Waals surface area contributed by atoms with Gasteiger partial charge in [0.25, 0.3) is 0 Å². The Bertz CT molecular complexity index is 471. The zero-order chi connectivity index (χ0) is 11.5. The Labute approximate surface area is 93.6 Å². The molecule has 1 unspecified atom stereocenters. The number of hydrogen-bond acceptors (Lipinski definition) is 4. The number of nitriles is 1. The van der Waals surface area contributed by atoms with E-state index < -0.39 is 10.0 Å². The first kappa shape index (κ1) is 12.2. The van der Waals surface area contributed by atoms with Crippen molar-refractivity contribution >= 4 is 21.4 Å². The molecule has 1 rings (SSSR count). The molecule has 0 bridgehead atoms. The lowest BCUT2D eigenvalue weighted by molar-refractivity contribution is 0.565. The zero-order valence-electron chi connectivity index (χ0n) is 8.52. The van der Waals surface area contributed by atoms with Crippen LogP contribution in [0, 0.1) is 18.3 Å². The molecule has 0 aliphatic carbocycles. The summed E-state index contributed by atoms with van der Waals surface area (Å²) in [6, 6.07) is 4.89. The molecule has 0 radical (unpaired) electrons. The van der Waals surface area contributed by atoms with Crippen LogP contribution in [0.25, 0.3) is 0 Å². The number of hydrogen-bond donors (Lipinski definition) is 1. The van der Waals surface area contributed by atoms with Crippen LogP contribution in [0.3, 0.4) is 0 Å². The molecule has 0 spiro atoms. The third-order valence-corrected chi connectivity index (χ3v) is 4.82. The van der Waals surface area contributed by atoms with Crippen molar-refractivity contribution in [3.8, 4) is 6.07 Å². The third-order valence-electron chi connectivity index (χ3n) is 1.73. The van der Waals surface area contributed by atoms with Gasteiger partial charge in [0.1, 0.15) is 4.21 Å². The fourth-order valence-corrected chi connectivity index (χ4v) is 3.60. The van der Waals surface area contributed by atoms with Crippen molar-refractivity contribution in [2.24, 2.45) is 0 Å². The first-order valence-electron chi connectivity index (χ1n) is 4.41. The minimum Gasteiger partial charge on any atom is -0.207 e. The number of rotatable bonds is 4. The van der Waals surface area contributed by atoms with Gasteiger partial charge in [-0.15, -0.1) is 11.3 Å². The van der Waals surface area contributed by atoms with Gasteiger partial charge in [-0.3, -0.25) is 0 Å². The molecule has 0 amide bonds. The molecular formula is C9H12N2O2S2. The van der Waals surface area contributed by atoms with Gasteiger partial charge >= 0.3 is 0 Å². The summed E-state index contributed by atoms with van der Waals surface area (Å²) < 4.78 is 26.2. The molecular weight excluding hydrogens is 232 g/mol. The van der Waals surface area contributed by atoms with E-state index >= 15 is 0 Å². The second-order valence-corrected chi connectivity index (χ2v) is 6.48. The monoisotopic (exact) mass is 244 g/mol. The number of aryl methyl sites for hydroxylation is 1. The highest BCUT2D eigenvalue weighted by atomic mass is 32.2. The van der Waals surface area contributed by atoms with Crippen LogP contribution < -0.4 is 4.72 Å². The number of thiophene rings is 1. The van der Waals surface area contributed by atoms with Gasteiger partial charge in [-0.2, -0.15) is 5.26 Å². The second kappa shape index (κ2) is 4.75. The van der Waals surface area contributed by atoms with Crippen molar-refractivity contribution in [3.05, 3.63) is 17.0 Å². The maximum absolute atomic E-state index is 11.7. The van der Waals surface area contributed by atoms with E-state index in [-0.39, 0.29) is 12.5 Å². The molecule has 1 N–H and O–H groups in total. The summed E-state index contributed by atoms with van der Waals surface area (Å²) in [5, 5.41) is 8.43. The summed E-state index contributed by atoms with van der Waals surface area (Å²) in [4.78, 5) is 0.948. The van der Waals surface area contributed by atoms with E-state index in [1.54, 1.807) is 19.1 Å². The lowest BCUT2D eigenvalue weighted by Crippen LogP contribution is -2.31. The average molecular weight is 244 g/mol. The SMILES string of the molecule is Cc1ccc(S(=O)(=O)NC(C)CC#N)s1. The van der Waals surface area contributed by atoms with E-state index in [2.05, 4.69) is 4.72 Å². The Balaban J connectivity index is 2.81. The highest BCUT2D eigenvalue weighted by molar-refractivity contribution is 7.91. The van der Waals surface area contributed by atoms with Gasteiger partial charge in [-0.1, -0.05) is 0 Å². The molecule has 0 aliphatic rings. The molecule has 0 aliphatic heterocycles. The largest absolute Gasteiger partial charge is 0.250 e. The van der Waals surface area contributed by atoms with Crippen molar-refractivity contribution in [3.63, 3.8) is 0 Å². The molecule has 1 heterocycles. The maximum atomic E-state index is 11.7. The molecule has 4 nitrogen and oxygen atoms in total. The third kappa shape index (κ3) is 3.30. The molecule has 82 valence electrons. The summed E-state index contributed by atoms with van der Waals surface area (Å²) in [6.45, 7) is 3.52. The van der Waals surface area contributed by atoms with Crippen molar-refractivity contribution < 1.29 is 8.42 Å². The van der Waals surface area contributed by atoms with Crippen molar-refractivity contribution in [2.45, 2.75) is 30.5 Å². The lowest BCUT2D eigenvalue weighted by atomic mass is 10.3. The van der Waals surface area contributed by atoms with E-state index in [1.165, 1.54) is 11.3 Å². The molecule has 0 aromatic carbocycles. The molecule has 15 heavy (non-hydrogen) atoms. The van der Waals surface area contributed by atoms with Crippen LogP contribution in [0.2, 0.25) is 0 Å². The number of sulfonamides is 1. The van der Waals surface area contributed by atoms with Crippen LogP contribution in [-0.4, -0.2) is 14.5 Å². The highest BCUT2D eigenvalue weighted by Gasteiger charge is 2.18. The van der Waals surface area contributed by atoms with Gasteiger partial charge in [0, 0.05) is 10.9 Å². The Morgan fingerprint density at radius 2 is 2.27 bits per heavy atom. The predicted molar refractivity (Wildman–Crippen MR) is 59.1 cm³/mol. The van der Waals surface area contributed by atoms with Crippen molar-refractivity contribution in [2.75, 3.05) is 0 Å². The molecule has 0 saturated carbocycles.